The Hall–Kier alpha value is -2.14. The zero-order chi connectivity index (χ0) is 20.1. The number of ether oxygens (including phenoxy) is 2. The molecule has 4 nitrogen and oxygen atoms in total. The Morgan fingerprint density at radius 2 is 1.76 bits per heavy atom. The molecule has 3 aliphatic rings. The van der Waals surface area contributed by atoms with Crippen LogP contribution < -0.4 is 4.74 Å². The smallest absolute Gasteiger partial charge is 0.118 e. The first kappa shape index (κ1) is 20.1. The summed E-state index contributed by atoms with van der Waals surface area (Å²) >= 11 is 0. The highest BCUT2D eigenvalue weighted by atomic mass is 16.5. The van der Waals surface area contributed by atoms with Crippen LogP contribution in [0.4, 0.5) is 0 Å². The molecule has 2 bridgehead atoms. The number of methoxy groups -OCH3 is 1. The van der Waals surface area contributed by atoms with Gasteiger partial charge in [0.05, 0.1) is 19.8 Å². The lowest BCUT2D eigenvalue weighted by Crippen LogP contribution is -2.58. The molecule has 3 atom stereocenters. The second-order valence-electron chi connectivity index (χ2n) is 8.15. The maximum absolute atomic E-state index is 6.50. The maximum atomic E-state index is 6.50. The molecule has 154 valence electrons. The van der Waals surface area contributed by atoms with Crippen molar-refractivity contribution < 1.29 is 9.47 Å². The third kappa shape index (κ3) is 4.89. The molecule has 0 saturated carbocycles. The average Bonchev–Trinajstić information content (AvgIpc) is 3.03. The quantitative estimate of drug-likeness (QED) is 0.631. The molecule has 0 amide bonds. The minimum atomic E-state index is 0.258. The number of piperazine rings is 1. The van der Waals surface area contributed by atoms with Gasteiger partial charge < -0.3 is 9.47 Å². The van der Waals surface area contributed by atoms with Crippen LogP contribution in [0.25, 0.3) is 0 Å². The molecule has 3 saturated heterocycles. The number of hydrogen-bond donors (Lipinski definition) is 0. The summed E-state index contributed by atoms with van der Waals surface area (Å²) in [7, 11) is 1.71. The largest absolute Gasteiger partial charge is 0.497 e. The fraction of sp³-hybridized carbons (Fsp3) is 0.440. The molecular weight excluding hydrogens is 360 g/mol. The summed E-state index contributed by atoms with van der Waals surface area (Å²) in [5, 5.41) is 0. The van der Waals surface area contributed by atoms with E-state index in [1.165, 1.54) is 17.5 Å². The molecule has 29 heavy (non-hydrogen) atoms. The van der Waals surface area contributed by atoms with Crippen LogP contribution in [0, 0.1) is 0 Å². The molecule has 0 radical (unpaired) electrons. The minimum absolute atomic E-state index is 0.258. The minimum Gasteiger partial charge on any atom is -0.497 e. The summed E-state index contributed by atoms with van der Waals surface area (Å²) in [5.74, 6) is 0.910. The van der Waals surface area contributed by atoms with Crippen molar-refractivity contribution in [1.29, 1.82) is 0 Å². The van der Waals surface area contributed by atoms with Gasteiger partial charge in [-0.2, -0.15) is 0 Å². The van der Waals surface area contributed by atoms with Gasteiger partial charge in [-0.1, -0.05) is 48.5 Å². The van der Waals surface area contributed by atoms with Crippen molar-refractivity contribution >= 4 is 0 Å². The van der Waals surface area contributed by atoms with Crippen LogP contribution in [0.1, 0.15) is 24.0 Å². The van der Waals surface area contributed by atoms with Gasteiger partial charge in [0, 0.05) is 38.3 Å². The van der Waals surface area contributed by atoms with Gasteiger partial charge in [-0.25, -0.2) is 0 Å². The standard InChI is InChI=1S/C25H32N2O2/c1-3-15-26-18-24-25(29-19-21-7-5-4-6-8-21)14-11-22(26)17-27(24)16-20-9-12-23(28-2)13-10-20/h3-10,12-13,22,24-25H,1,11,14-19H2,2H3/t22-,24+,25+/m0/s1. The van der Waals surface area contributed by atoms with Gasteiger partial charge in [-0.05, 0) is 36.1 Å². The third-order valence-corrected chi connectivity index (χ3v) is 6.28. The van der Waals surface area contributed by atoms with Crippen LogP contribution in [0.5, 0.6) is 5.75 Å². The van der Waals surface area contributed by atoms with Crippen molar-refractivity contribution in [2.75, 3.05) is 26.7 Å². The molecule has 2 aromatic carbocycles. The summed E-state index contributed by atoms with van der Waals surface area (Å²) in [6.07, 6.45) is 4.60. The van der Waals surface area contributed by atoms with Crippen LogP contribution in [0.2, 0.25) is 0 Å². The van der Waals surface area contributed by atoms with E-state index in [9.17, 15) is 0 Å². The molecule has 0 N–H and O–H groups in total. The number of benzene rings is 2. The van der Waals surface area contributed by atoms with Crippen LogP contribution in [0.15, 0.2) is 67.3 Å². The van der Waals surface area contributed by atoms with E-state index < -0.39 is 0 Å². The van der Waals surface area contributed by atoms with Gasteiger partial charge >= 0.3 is 0 Å². The van der Waals surface area contributed by atoms with Crippen molar-refractivity contribution in [3.63, 3.8) is 0 Å². The van der Waals surface area contributed by atoms with Gasteiger partial charge in [0.1, 0.15) is 5.75 Å². The van der Waals surface area contributed by atoms with Crippen LogP contribution in [-0.2, 0) is 17.9 Å². The Morgan fingerprint density at radius 3 is 2.48 bits per heavy atom. The first-order valence-electron chi connectivity index (χ1n) is 10.6. The molecule has 0 aromatic heterocycles. The van der Waals surface area contributed by atoms with E-state index in [0.717, 1.165) is 38.3 Å². The Bertz CT molecular complexity index is 777. The zero-order valence-corrected chi connectivity index (χ0v) is 17.4. The number of nitrogens with zero attached hydrogens (tertiary/aromatic N) is 2. The van der Waals surface area contributed by atoms with Crippen molar-refractivity contribution in [1.82, 2.24) is 9.80 Å². The molecule has 3 heterocycles. The van der Waals surface area contributed by atoms with Crippen LogP contribution in [0.3, 0.4) is 0 Å². The van der Waals surface area contributed by atoms with E-state index in [0.29, 0.717) is 18.7 Å². The Morgan fingerprint density at radius 1 is 0.966 bits per heavy atom. The van der Waals surface area contributed by atoms with Gasteiger partial charge in [-0.3, -0.25) is 9.80 Å². The van der Waals surface area contributed by atoms with E-state index in [-0.39, 0.29) is 6.10 Å². The Kier molecular flexibility index (Phi) is 6.65. The number of hydrogen-bond acceptors (Lipinski definition) is 4. The molecule has 0 aliphatic carbocycles. The molecule has 0 spiro atoms. The fourth-order valence-electron chi connectivity index (χ4n) is 4.71. The van der Waals surface area contributed by atoms with Gasteiger partial charge in [0.15, 0.2) is 0 Å². The molecular formula is C25H32N2O2. The van der Waals surface area contributed by atoms with E-state index in [1.807, 2.05) is 6.08 Å². The lowest BCUT2D eigenvalue weighted by Gasteiger charge is -2.45. The van der Waals surface area contributed by atoms with Crippen molar-refractivity contribution in [2.45, 2.75) is 44.2 Å². The van der Waals surface area contributed by atoms with Crippen molar-refractivity contribution in [3.05, 3.63) is 78.4 Å². The summed E-state index contributed by atoms with van der Waals surface area (Å²) in [6.45, 7) is 8.71. The lowest BCUT2D eigenvalue weighted by atomic mass is 10.0. The van der Waals surface area contributed by atoms with E-state index in [4.69, 9.17) is 9.47 Å². The molecule has 5 rings (SSSR count). The SMILES string of the molecule is C=CCN1C[C@@H]2[C@H](OCc3ccccc3)CC[C@H]1CN2Cc1ccc(OC)cc1. The highest BCUT2D eigenvalue weighted by molar-refractivity contribution is 5.27. The fourth-order valence-corrected chi connectivity index (χ4v) is 4.71. The second kappa shape index (κ2) is 9.57. The highest BCUT2D eigenvalue weighted by Gasteiger charge is 2.41. The van der Waals surface area contributed by atoms with E-state index in [2.05, 4.69) is 71.0 Å². The summed E-state index contributed by atoms with van der Waals surface area (Å²) in [6, 6.07) is 20.0. The van der Waals surface area contributed by atoms with Gasteiger partial charge in [0.25, 0.3) is 0 Å². The number of fused-ring (bicyclic) bond motifs is 4. The lowest BCUT2D eigenvalue weighted by molar-refractivity contribution is -0.0467. The first-order chi connectivity index (χ1) is 14.3. The van der Waals surface area contributed by atoms with E-state index >= 15 is 0 Å². The molecule has 3 fully saturated rings. The topological polar surface area (TPSA) is 24.9 Å². The summed E-state index contributed by atoms with van der Waals surface area (Å²) < 4.78 is 11.8. The third-order valence-electron chi connectivity index (χ3n) is 6.28. The zero-order valence-electron chi connectivity index (χ0n) is 17.4. The van der Waals surface area contributed by atoms with E-state index in [1.54, 1.807) is 7.11 Å². The predicted octanol–water partition coefficient (Wildman–Crippen LogP) is 4.12. The molecule has 4 heteroatoms. The van der Waals surface area contributed by atoms with Gasteiger partial charge in [0.2, 0.25) is 0 Å². The normalized spacial score (nSPS) is 24.9. The molecule has 2 aromatic rings. The second-order valence-corrected chi connectivity index (χ2v) is 8.15. The summed E-state index contributed by atoms with van der Waals surface area (Å²) in [4.78, 5) is 5.22. The summed E-state index contributed by atoms with van der Waals surface area (Å²) in [5.41, 5.74) is 2.58. The Balaban J connectivity index is 1.49. The Labute approximate surface area is 174 Å². The predicted molar refractivity (Wildman–Crippen MR) is 117 cm³/mol. The van der Waals surface area contributed by atoms with Crippen LogP contribution in [-0.4, -0.2) is 54.7 Å². The first-order valence-corrected chi connectivity index (χ1v) is 10.6. The van der Waals surface area contributed by atoms with Crippen molar-refractivity contribution in [2.24, 2.45) is 0 Å². The maximum Gasteiger partial charge on any atom is 0.118 e. The molecule has 0 unspecified atom stereocenters. The van der Waals surface area contributed by atoms with Gasteiger partial charge in [-0.15, -0.1) is 6.58 Å². The average molecular weight is 393 g/mol. The van der Waals surface area contributed by atoms with Crippen LogP contribution >= 0.6 is 0 Å². The highest BCUT2D eigenvalue weighted by Crippen LogP contribution is 2.31. The number of rotatable bonds is 8. The monoisotopic (exact) mass is 392 g/mol. The van der Waals surface area contributed by atoms with Crippen molar-refractivity contribution in [3.8, 4) is 5.75 Å². The molecule has 3 aliphatic heterocycles.